The summed E-state index contributed by atoms with van der Waals surface area (Å²) in [5, 5.41) is 4.74. The van der Waals surface area contributed by atoms with Crippen LogP contribution in [0.15, 0.2) is 40.9 Å². The van der Waals surface area contributed by atoms with Gasteiger partial charge in [0.15, 0.2) is 5.54 Å². The molecule has 5 rings (SSSR count). The van der Waals surface area contributed by atoms with Gasteiger partial charge in [0.2, 0.25) is 0 Å². The number of methoxy groups -OCH3 is 1. The first-order chi connectivity index (χ1) is 14.1. The minimum Gasteiger partial charge on any atom is -0.497 e. The Morgan fingerprint density at radius 2 is 2.10 bits per heavy atom. The summed E-state index contributed by atoms with van der Waals surface area (Å²) >= 11 is 3.62. The number of anilines is 1. The number of rotatable bonds is 4. The molecule has 150 valence electrons. The minimum atomic E-state index is -0.868. The number of hydrogen-bond acceptors (Lipinski definition) is 3. The van der Waals surface area contributed by atoms with E-state index in [-0.39, 0.29) is 5.91 Å². The van der Waals surface area contributed by atoms with Crippen molar-refractivity contribution in [2.45, 2.75) is 31.7 Å². The second-order valence-corrected chi connectivity index (χ2v) is 8.70. The number of halogens is 1. The van der Waals surface area contributed by atoms with E-state index in [9.17, 15) is 4.79 Å². The molecule has 5 nitrogen and oxygen atoms in total. The van der Waals surface area contributed by atoms with Crippen molar-refractivity contribution >= 4 is 38.4 Å². The Hall–Kier alpha value is -2.31. The molecule has 0 bridgehead atoms. The summed E-state index contributed by atoms with van der Waals surface area (Å²) in [4.78, 5) is 19.5. The van der Waals surface area contributed by atoms with E-state index in [1.54, 1.807) is 7.11 Å². The average Bonchev–Trinajstić information content (AvgIpc) is 3.22. The Morgan fingerprint density at radius 3 is 2.90 bits per heavy atom. The van der Waals surface area contributed by atoms with Crippen molar-refractivity contribution in [2.24, 2.45) is 0 Å². The first kappa shape index (κ1) is 18.7. The van der Waals surface area contributed by atoms with Gasteiger partial charge in [-0.1, -0.05) is 29.3 Å². The second-order valence-electron chi connectivity index (χ2n) is 7.79. The molecule has 1 atom stereocenters. The van der Waals surface area contributed by atoms with Gasteiger partial charge in [0, 0.05) is 39.7 Å². The van der Waals surface area contributed by atoms with Crippen LogP contribution in [-0.4, -0.2) is 31.1 Å². The molecule has 2 N–H and O–H groups in total. The molecule has 6 heteroatoms. The SMILES string of the molecule is CCCCN1C(=O)C2(NCCc3c2[nH]c2ccc(OC)cc32)c2cc(Br)ccc21. The zero-order valence-corrected chi connectivity index (χ0v) is 18.2. The molecule has 3 heterocycles. The van der Waals surface area contributed by atoms with Crippen LogP contribution in [0.25, 0.3) is 10.9 Å². The van der Waals surface area contributed by atoms with Gasteiger partial charge in [-0.3, -0.25) is 10.1 Å². The highest BCUT2D eigenvalue weighted by Gasteiger charge is 2.55. The molecule has 2 aliphatic rings. The molecular formula is C23H24BrN3O2. The van der Waals surface area contributed by atoms with Gasteiger partial charge in [-0.25, -0.2) is 0 Å². The lowest BCUT2D eigenvalue weighted by Crippen LogP contribution is -2.55. The van der Waals surface area contributed by atoms with Crippen molar-refractivity contribution in [3.63, 3.8) is 0 Å². The fourth-order valence-electron chi connectivity index (χ4n) is 4.82. The summed E-state index contributed by atoms with van der Waals surface area (Å²) in [5.41, 5.74) is 4.36. The molecule has 1 spiro atoms. The lowest BCUT2D eigenvalue weighted by atomic mass is 9.82. The molecular weight excluding hydrogens is 430 g/mol. The molecule has 0 radical (unpaired) electrons. The molecule has 1 aromatic heterocycles. The van der Waals surface area contributed by atoms with Crippen LogP contribution < -0.4 is 15.0 Å². The van der Waals surface area contributed by atoms with Crippen LogP contribution >= 0.6 is 15.9 Å². The summed E-state index contributed by atoms with van der Waals surface area (Å²) in [7, 11) is 1.68. The average molecular weight is 454 g/mol. The van der Waals surface area contributed by atoms with E-state index in [2.05, 4.69) is 51.4 Å². The summed E-state index contributed by atoms with van der Waals surface area (Å²) in [6, 6.07) is 12.2. The highest BCUT2D eigenvalue weighted by Crippen LogP contribution is 2.49. The Labute approximate surface area is 178 Å². The van der Waals surface area contributed by atoms with Crippen molar-refractivity contribution in [2.75, 3.05) is 25.1 Å². The van der Waals surface area contributed by atoms with Crippen LogP contribution in [0.3, 0.4) is 0 Å². The van der Waals surface area contributed by atoms with Gasteiger partial charge in [0.05, 0.1) is 12.8 Å². The number of amides is 1. The standard InChI is InChI=1S/C23H24BrN3O2/c1-3-4-11-27-20-8-5-14(24)12-18(20)23(22(27)28)21-16(9-10-25-23)17-13-15(29-2)6-7-19(17)26-21/h5-8,12-13,25-26H,3-4,9-11H2,1-2H3. The number of benzene rings is 2. The highest BCUT2D eigenvalue weighted by atomic mass is 79.9. The first-order valence-electron chi connectivity index (χ1n) is 10.2. The topological polar surface area (TPSA) is 57.4 Å². The van der Waals surface area contributed by atoms with Crippen LogP contribution in [0.1, 0.15) is 36.6 Å². The van der Waals surface area contributed by atoms with Gasteiger partial charge in [-0.2, -0.15) is 0 Å². The number of H-pyrrole nitrogens is 1. The molecule has 1 amide bonds. The monoisotopic (exact) mass is 453 g/mol. The number of hydrogen-bond donors (Lipinski definition) is 2. The number of aromatic amines is 1. The van der Waals surface area contributed by atoms with Crippen LogP contribution in [0, 0.1) is 0 Å². The lowest BCUT2D eigenvalue weighted by molar-refractivity contribution is -0.123. The van der Waals surface area contributed by atoms with E-state index in [1.165, 1.54) is 5.56 Å². The van der Waals surface area contributed by atoms with Gasteiger partial charge in [0.1, 0.15) is 5.75 Å². The largest absolute Gasteiger partial charge is 0.497 e. The van der Waals surface area contributed by atoms with Gasteiger partial charge < -0.3 is 14.6 Å². The van der Waals surface area contributed by atoms with Crippen molar-refractivity contribution < 1.29 is 9.53 Å². The number of unbranched alkanes of at least 4 members (excludes halogenated alkanes) is 1. The molecule has 0 saturated carbocycles. The number of ether oxygens (including phenoxy) is 1. The molecule has 1 unspecified atom stereocenters. The number of fused-ring (bicyclic) bond motifs is 6. The number of carbonyl (C=O) groups excluding carboxylic acids is 1. The third kappa shape index (κ3) is 2.58. The Morgan fingerprint density at radius 1 is 1.24 bits per heavy atom. The molecule has 0 aliphatic carbocycles. The second kappa shape index (κ2) is 6.89. The van der Waals surface area contributed by atoms with E-state index in [4.69, 9.17) is 4.74 Å². The predicted octanol–water partition coefficient (Wildman–Crippen LogP) is 4.48. The highest BCUT2D eigenvalue weighted by molar-refractivity contribution is 9.10. The minimum absolute atomic E-state index is 0.110. The first-order valence-corrected chi connectivity index (χ1v) is 11.0. The van der Waals surface area contributed by atoms with E-state index in [0.717, 1.165) is 70.4 Å². The maximum atomic E-state index is 13.9. The van der Waals surface area contributed by atoms with Crippen molar-refractivity contribution in [3.05, 3.63) is 57.7 Å². The van der Waals surface area contributed by atoms with Gasteiger partial charge in [0.25, 0.3) is 5.91 Å². The molecule has 0 fully saturated rings. The van der Waals surface area contributed by atoms with Crippen LogP contribution in [0.2, 0.25) is 0 Å². The Kier molecular flexibility index (Phi) is 4.44. The Balaban J connectivity index is 1.76. The maximum Gasteiger partial charge on any atom is 0.258 e. The third-order valence-electron chi connectivity index (χ3n) is 6.21. The molecule has 3 aromatic rings. The zero-order chi connectivity index (χ0) is 20.2. The number of aromatic nitrogens is 1. The van der Waals surface area contributed by atoms with Gasteiger partial charge >= 0.3 is 0 Å². The summed E-state index contributed by atoms with van der Waals surface area (Å²) in [6.07, 6.45) is 2.90. The van der Waals surface area contributed by atoms with Crippen LogP contribution in [-0.2, 0) is 16.8 Å². The van der Waals surface area contributed by atoms with Crippen LogP contribution in [0.5, 0.6) is 5.75 Å². The fraction of sp³-hybridized carbons (Fsp3) is 0.348. The number of nitrogens with one attached hydrogen (secondary N) is 2. The van der Waals surface area contributed by atoms with Crippen LogP contribution in [0.4, 0.5) is 5.69 Å². The van der Waals surface area contributed by atoms with E-state index in [1.807, 2.05) is 23.1 Å². The smallest absolute Gasteiger partial charge is 0.258 e. The third-order valence-corrected chi connectivity index (χ3v) is 6.70. The molecule has 0 saturated heterocycles. The van der Waals surface area contributed by atoms with E-state index < -0.39 is 5.54 Å². The number of carbonyl (C=O) groups is 1. The molecule has 2 aliphatic heterocycles. The molecule has 2 aromatic carbocycles. The maximum absolute atomic E-state index is 13.9. The van der Waals surface area contributed by atoms with E-state index in [0.29, 0.717) is 0 Å². The fourth-order valence-corrected chi connectivity index (χ4v) is 5.18. The lowest BCUT2D eigenvalue weighted by Gasteiger charge is -2.34. The Bertz CT molecular complexity index is 1120. The predicted molar refractivity (Wildman–Crippen MR) is 119 cm³/mol. The van der Waals surface area contributed by atoms with Crippen molar-refractivity contribution in [3.8, 4) is 5.75 Å². The zero-order valence-electron chi connectivity index (χ0n) is 16.6. The van der Waals surface area contributed by atoms with E-state index >= 15 is 0 Å². The number of nitrogens with zero attached hydrogens (tertiary/aromatic N) is 1. The quantitative estimate of drug-likeness (QED) is 0.612. The van der Waals surface area contributed by atoms with Crippen molar-refractivity contribution in [1.82, 2.24) is 10.3 Å². The van der Waals surface area contributed by atoms with Crippen molar-refractivity contribution in [1.29, 1.82) is 0 Å². The normalized spacial score (nSPS) is 20.4. The molecule has 29 heavy (non-hydrogen) atoms. The summed E-state index contributed by atoms with van der Waals surface area (Å²) in [6.45, 7) is 3.63. The summed E-state index contributed by atoms with van der Waals surface area (Å²) in [5.74, 6) is 0.941. The van der Waals surface area contributed by atoms with Gasteiger partial charge in [-0.05, 0) is 54.8 Å². The summed E-state index contributed by atoms with van der Waals surface area (Å²) < 4.78 is 6.42. The van der Waals surface area contributed by atoms with Gasteiger partial charge in [-0.15, -0.1) is 0 Å².